The lowest BCUT2D eigenvalue weighted by Gasteiger charge is -2.27. The summed E-state index contributed by atoms with van der Waals surface area (Å²) < 4.78 is 0. The zero-order valence-electron chi connectivity index (χ0n) is 6.82. The first-order chi connectivity index (χ1) is 4.79. The molecule has 2 rings (SSSR count). The Balaban J connectivity index is 1.63. The van der Waals surface area contributed by atoms with Crippen LogP contribution in [0.2, 0.25) is 0 Å². The van der Waals surface area contributed by atoms with E-state index in [0.29, 0.717) is 5.54 Å². The first-order valence-corrected chi connectivity index (χ1v) is 4.54. The van der Waals surface area contributed by atoms with Crippen LogP contribution in [0, 0.1) is 5.92 Å². The second kappa shape index (κ2) is 2.23. The third-order valence-corrected chi connectivity index (χ3v) is 3.04. The molecule has 0 saturated heterocycles. The van der Waals surface area contributed by atoms with Crippen molar-refractivity contribution < 1.29 is 0 Å². The Morgan fingerprint density at radius 3 is 2.50 bits per heavy atom. The number of rotatable bonds is 3. The van der Waals surface area contributed by atoms with Crippen molar-refractivity contribution in [2.45, 2.75) is 44.6 Å². The van der Waals surface area contributed by atoms with Gasteiger partial charge in [0.2, 0.25) is 0 Å². The highest BCUT2D eigenvalue weighted by atomic mass is 15.0. The minimum absolute atomic E-state index is 0.565. The number of hydrogen-bond acceptors (Lipinski definition) is 1. The number of nitrogens with one attached hydrogen (secondary N) is 1. The molecule has 1 nitrogen and oxygen atoms in total. The van der Waals surface area contributed by atoms with Gasteiger partial charge in [0.1, 0.15) is 0 Å². The summed E-state index contributed by atoms with van der Waals surface area (Å²) in [5.74, 6) is 1.03. The van der Waals surface area contributed by atoms with Gasteiger partial charge in [-0.25, -0.2) is 0 Å². The summed E-state index contributed by atoms with van der Waals surface area (Å²) in [5, 5.41) is 3.63. The average Bonchev–Trinajstić information content (AvgIpc) is 2.44. The Hall–Kier alpha value is -0.0400. The van der Waals surface area contributed by atoms with Crippen molar-refractivity contribution in [3.05, 3.63) is 0 Å². The van der Waals surface area contributed by atoms with Gasteiger partial charge in [-0.3, -0.25) is 0 Å². The van der Waals surface area contributed by atoms with Crippen LogP contribution >= 0.6 is 0 Å². The molecule has 0 heterocycles. The van der Waals surface area contributed by atoms with E-state index in [2.05, 4.69) is 12.2 Å². The molecule has 0 aromatic rings. The normalized spacial score (nSPS) is 29.7. The van der Waals surface area contributed by atoms with E-state index in [0.717, 1.165) is 5.92 Å². The van der Waals surface area contributed by atoms with Gasteiger partial charge in [-0.1, -0.05) is 6.42 Å². The SMILES string of the molecule is CC1(NCC2CCC2)CC1. The van der Waals surface area contributed by atoms with Gasteiger partial charge in [0.15, 0.2) is 0 Å². The second-order valence-corrected chi connectivity index (χ2v) is 4.24. The van der Waals surface area contributed by atoms with Crippen molar-refractivity contribution in [2.24, 2.45) is 5.92 Å². The third kappa shape index (κ3) is 1.34. The molecule has 0 bridgehead atoms. The lowest BCUT2D eigenvalue weighted by molar-refractivity contribution is 0.288. The Labute approximate surface area is 63.2 Å². The van der Waals surface area contributed by atoms with E-state index in [1.54, 1.807) is 0 Å². The molecule has 2 aliphatic rings. The van der Waals surface area contributed by atoms with Crippen molar-refractivity contribution in [1.29, 1.82) is 0 Å². The molecule has 58 valence electrons. The van der Waals surface area contributed by atoms with Crippen molar-refractivity contribution in [2.75, 3.05) is 6.54 Å². The molecule has 0 aliphatic heterocycles. The highest BCUT2D eigenvalue weighted by molar-refractivity contribution is 4.97. The van der Waals surface area contributed by atoms with E-state index in [1.165, 1.54) is 38.6 Å². The standard InChI is InChI=1S/C9H17N/c1-9(5-6-9)10-7-8-3-2-4-8/h8,10H,2-7H2,1H3. The maximum atomic E-state index is 3.63. The van der Waals surface area contributed by atoms with Crippen LogP contribution in [0.25, 0.3) is 0 Å². The molecule has 0 aromatic heterocycles. The number of hydrogen-bond donors (Lipinski definition) is 1. The zero-order chi connectivity index (χ0) is 7.03. The summed E-state index contributed by atoms with van der Waals surface area (Å²) in [5.41, 5.74) is 0.565. The van der Waals surface area contributed by atoms with Crippen molar-refractivity contribution in [3.63, 3.8) is 0 Å². The Morgan fingerprint density at radius 1 is 1.40 bits per heavy atom. The van der Waals surface area contributed by atoms with Crippen LogP contribution in [0.3, 0.4) is 0 Å². The van der Waals surface area contributed by atoms with E-state index in [4.69, 9.17) is 0 Å². The van der Waals surface area contributed by atoms with Gasteiger partial charge in [0.05, 0.1) is 0 Å². The topological polar surface area (TPSA) is 12.0 Å². The summed E-state index contributed by atoms with van der Waals surface area (Å²) >= 11 is 0. The fourth-order valence-corrected chi connectivity index (χ4v) is 1.45. The van der Waals surface area contributed by atoms with Gasteiger partial charge < -0.3 is 5.32 Å². The van der Waals surface area contributed by atoms with Crippen LogP contribution in [0.5, 0.6) is 0 Å². The smallest absolute Gasteiger partial charge is 0.0154 e. The first kappa shape index (κ1) is 6.66. The molecule has 0 spiro atoms. The van der Waals surface area contributed by atoms with Crippen molar-refractivity contribution in [3.8, 4) is 0 Å². The summed E-state index contributed by atoms with van der Waals surface area (Å²) in [6.07, 6.45) is 7.23. The van der Waals surface area contributed by atoms with Crippen LogP contribution in [0.4, 0.5) is 0 Å². The molecule has 1 heteroatoms. The fraction of sp³-hybridized carbons (Fsp3) is 1.00. The maximum Gasteiger partial charge on any atom is 0.0154 e. The minimum Gasteiger partial charge on any atom is -0.311 e. The minimum atomic E-state index is 0.565. The molecule has 1 N–H and O–H groups in total. The molecule has 0 atom stereocenters. The summed E-state index contributed by atoms with van der Waals surface area (Å²) in [6, 6.07) is 0. The molecular formula is C9H17N. The molecular weight excluding hydrogens is 122 g/mol. The predicted octanol–water partition coefficient (Wildman–Crippen LogP) is 1.93. The van der Waals surface area contributed by atoms with Gasteiger partial charge in [0.25, 0.3) is 0 Å². The second-order valence-electron chi connectivity index (χ2n) is 4.24. The van der Waals surface area contributed by atoms with Crippen molar-refractivity contribution >= 4 is 0 Å². The Kier molecular flexibility index (Phi) is 1.48. The largest absolute Gasteiger partial charge is 0.311 e. The molecule has 0 radical (unpaired) electrons. The van der Waals surface area contributed by atoms with Crippen LogP contribution in [0.15, 0.2) is 0 Å². The highest BCUT2D eigenvalue weighted by Crippen LogP contribution is 2.35. The lowest BCUT2D eigenvalue weighted by Crippen LogP contribution is -2.35. The van der Waals surface area contributed by atoms with E-state index < -0.39 is 0 Å². The molecule has 2 fully saturated rings. The quantitative estimate of drug-likeness (QED) is 0.630. The van der Waals surface area contributed by atoms with Gasteiger partial charge in [-0.2, -0.15) is 0 Å². The van der Waals surface area contributed by atoms with Crippen molar-refractivity contribution in [1.82, 2.24) is 5.32 Å². The summed E-state index contributed by atoms with van der Waals surface area (Å²) in [6.45, 7) is 3.63. The lowest BCUT2D eigenvalue weighted by atomic mass is 9.85. The maximum absolute atomic E-state index is 3.63. The van der Waals surface area contributed by atoms with Crippen LogP contribution in [0.1, 0.15) is 39.0 Å². The van der Waals surface area contributed by atoms with E-state index in [-0.39, 0.29) is 0 Å². The van der Waals surface area contributed by atoms with Crippen LogP contribution in [-0.2, 0) is 0 Å². The summed E-state index contributed by atoms with van der Waals surface area (Å²) in [4.78, 5) is 0. The fourth-order valence-electron chi connectivity index (χ4n) is 1.45. The Bertz CT molecular complexity index is 123. The van der Waals surface area contributed by atoms with Gasteiger partial charge in [-0.15, -0.1) is 0 Å². The zero-order valence-corrected chi connectivity index (χ0v) is 6.82. The van der Waals surface area contributed by atoms with Gasteiger partial charge in [-0.05, 0) is 45.1 Å². The summed E-state index contributed by atoms with van der Waals surface area (Å²) in [7, 11) is 0. The molecule has 10 heavy (non-hydrogen) atoms. The molecule has 0 aromatic carbocycles. The monoisotopic (exact) mass is 139 g/mol. The third-order valence-electron chi connectivity index (χ3n) is 3.04. The first-order valence-electron chi connectivity index (χ1n) is 4.54. The highest BCUT2D eigenvalue weighted by Gasteiger charge is 2.37. The van der Waals surface area contributed by atoms with Crippen LogP contribution in [-0.4, -0.2) is 12.1 Å². The van der Waals surface area contributed by atoms with E-state index in [9.17, 15) is 0 Å². The predicted molar refractivity (Wildman–Crippen MR) is 43.0 cm³/mol. The molecule has 2 aliphatic carbocycles. The Morgan fingerprint density at radius 2 is 2.10 bits per heavy atom. The average molecular weight is 139 g/mol. The van der Waals surface area contributed by atoms with Gasteiger partial charge >= 0.3 is 0 Å². The molecule has 0 unspecified atom stereocenters. The van der Waals surface area contributed by atoms with Gasteiger partial charge in [0, 0.05) is 5.54 Å². The van der Waals surface area contributed by atoms with E-state index >= 15 is 0 Å². The molecule has 0 amide bonds. The molecule has 2 saturated carbocycles. The van der Waals surface area contributed by atoms with Crippen LogP contribution < -0.4 is 5.32 Å². The van der Waals surface area contributed by atoms with E-state index in [1.807, 2.05) is 0 Å².